The van der Waals surface area contributed by atoms with Crippen LogP contribution in [-0.4, -0.2) is 17.6 Å². The Bertz CT molecular complexity index is 319. The Kier molecular flexibility index (Phi) is 4.03. The predicted octanol–water partition coefficient (Wildman–Crippen LogP) is 3.26. The lowest BCUT2D eigenvalue weighted by atomic mass is 9.95. The van der Waals surface area contributed by atoms with Gasteiger partial charge in [0.2, 0.25) is 0 Å². The summed E-state index contributed by atoms with van der Waals surface area (Å²) < 4.78 is 0. The van der Waals surface area contributed by atoms with Gasteiger partial charge in [-0.1, -0.05) is 19.3 Å². The maximum atomic E-state index is 4.27. The van der Waals surface area contributed by atoms with Crippen molar-refractivity contribution in [2.24, 2.45) is 0 Å². The smallest absolute Gasteiger partial charge is 0.127 e. The lowest BCUT2D eigenvalue weighted by Crippen LogP contribution is -2.22. The number of nitrogens with zero attached hydrogens (tertiary/aromatic N) is 1. The summed E-state index contributed by atoms with van der Waals surface area (Å²) in [5, 5.41) is 6.83. The van der Waals surface area contributed by atoms with E-state index in [0.717, 1.165) is 12.4 Å². The summed E-state index contributed by atoms with van der Waals surface area (Å²) in [5.41, 5.74) is 1.19. The highest BCUT2D eigenvalue weighted by molar-refractivity contribution is 5.52. The van der Waals surface area contributed by atoms with Crippen molar-refractivity contribution in [2.75, 3.05) is 17.2 Å². The van der Waals surface area contributed by atoms with E-state index in [0.29, 0.717) is 6.04 Å². The molecule has 0 saturated heterocycles. The van der Waals surface area contributed by atoms with Crippen LogP contribution in [0.5, 0.6) is 0 Å². The lowest BCUT2D eigenvalue weighted by molar-refractivity contribution is 0.463. The van der Waals surface area contributed by atoms with Crippen molar-refractivity contribution in [1.82, 2.24) is 4.98 Å². The zero-order valence-electron chi connectivity index (χ0n) is 10.00. The standard InChI is InChI=1S/C13H21N3/c1-2-14-13-10-12(8-9-15-13)16-11-6-4-3-5-7-11/h8-11H,2-7H2,1H3,(H2,14,15,16). The quantitative estimate of drug-likeness (QED) is 0.816. The van der Waals surface area contributed by atoms with Gasteiger partial charge in [-0.15, -0.1) is 0 Å². The van der Waals surface area contributed by atoms with Crippen molar-refractivity contribution in [3.63, 3.8) is 0 Å². The topological polar surface area (TPSA) is 37.0 Å². The van der Waals surface area contributed by atoms with E-state index in [4.69, 9.17) is 0 Å². The van der Waals surface area contributed by atoms with Gasteiger partial charge in [0.1, 0.15) is 5.82 Å². The molecule has 0 unspecified atom stereocenters. The Morgan fingerprint density at radius 2 is 2.12 bits per heavy atom. The Hall–Kier alpha value is -1.25. The number of pyridine rings is 1. The molecule has 2 N–H and O–H groups in total. The molecule has 1 aromatic rings. The molecule has 1 heterocycles. The zero-order chi connectivity index (χ0) is 11.2. The number of anilines is 2. The first-order chi connectivity index (χ1) is 7.88. The van der Waals surface area contributed by atoms with Crippen molar-refractivity contribution in [3.8, 4) is 0 Å². The SMILES string of the molecule is CCNc1cc(NC2CCCCC2)ccn1. The molecule has 2 rings (SSSR count). The summed E-state index contributed by atoms with van der Waals surface area (Å²) in [7, 11) is 0. The molecule has 0 bridgehead atoms. The average Bonchev–Trinajstić information content (AvgIpc) is 2.31. The molecule has 1 saturated carbocycles. The van der Waals surface area contributed by atoms with Gasteiger partial charge < -0.3 is 10.6 Å². The van der Waals surface area contributed by atoms with Crippen LogP contribution in [-0.2, 0) is 0 Å². The highest BCUT2D eigenvalue weighted by Gasteiger charge is 2.12. The molecule has 3 nitrogen and oxygen atoms in total. The minimum absolute atomic E-state index is 0.658. The van der Waals surface area contributed by atoms with Crippen molar-refractivity contribution < 1.29 is 0 Å². The Morgan fingerprint density at radius 1 is 1.31 bits per heavy atom. The third-order valence-electron chi connectivity index (χ3n) is 3.09. The molecule has 1 aliphatic rings. The maximum Gasteiger partial charge on any atom is 0.127 e. The Morgan fingerprint density at radius 3 is 2.88 bits per heavy atom. The Labute approximate surface area is 97.7 Å². The van der Waals surface area contributed by atoms with Gasteiger partial charge in [0, 0.05) is 30.5 Å². The fraction of sp³-hybridized carbons (Fsp3) is 0.615. The van der Waals surface area contributed by atoms with Crippen molar-refractivity contribution in [3.05, 3.63) is 18.3 Å². The molecule has 0 spiro atoms. The number of nitrogens with one attached hydrogen (secondary N) is 2. The van der Waals surface area contributed by atoms with Crippen LogP contribution in [0.1, 0.15) is 39.0 Å². The summed E-state index contributed by atoms with van der Waals surface area (Å²) in [4.78, 5) is 4.27. The van der Waals surface area contributed by atoms with Gasteiger partial charge in [-0.2, -0.15) is 0 Å². The van der Waals surface area contributed by atoms with Crippen molar-refractivity contribution in [1.29, 1.82) is 0 Å². The van der Waals surface area contributed by atoms with Gasteiger partial charge in [0.25, 0.3) is 0 Å². The van der Waals surface area contributed by atoms with Gasteiger partial charge in [0.15, 0.2) is 0 Å². The molecular formula is C13H21N3. The molecule has 0 atom stereocenters. The van der Waals surface area contributed by atoms with Gasteiger partial charge in [-0.05, 0) is 25.8 Å². The third-order valence-corrected chi connectivity index (χ3v) is 3.09. The van der Waals surface area contributed by atoms with Crippen LogP contribution < -0.4 is 10.6 Å². The van der Waals surface area contributed by atoms with Crippen LogP contribution in [0.25, 0.3) is 0 Å². The summed E-state index contributed by atoms with van der Waals surface area (Å²) in [6.45, 7) is 3.00. The minimum Gasteiger partial charge on any atom is -0.382 e. The summed E-state index contributed by atoms with van der Waals surface area (Å²) >= 11 is 0. The first-order valence-electron chi connectivity index (χ1n) is 6.35. The average molecular weight is 219 g/mol. The third kappa shape index (κ3) is 3.12. The number of hydrogen-bond donors (Lipinski definition) is 2. The van der Waals surface area contributed by atoms with E-state index in [1.54, 1.807) is 0 Å². The van der Waals surface area contributed by atoms with Crippen LogP contribution in [0.4, 0.5) is 11.5 Å². The maximum absolute atomic E-state index is 4.27. The molecule has 1 fully saturated rings. The highest BCUT2D eigenvalue weighted by atomic mass is 15.0. The lowest BCUT2D eigenvalue weighted by Gasteiger charge is -2.23. The predicted molar refractivity (Wildman–Crippen MR) is 68.9 cm³/mol. The van der Waals surface area contributed by atoms with Gasteiger partial charge in [-0.25, -0.2) is 4.98 Å². The normalized spacial score (nSPS) is 17.1. The molecule has 3 heteroatoms. The van der Waals surface area contributed by atoms with Crippen LogP contribution >= 0.6 is 0 Å². The molecule has 1 aromatic heterocycles. The number of aromatic nitrogens is 1. The molecule has 16 heavy (non-hydrogen) atoms. The van der Waals surface area contributed by atoms with E-state index in [1.807, 2.05) is 6.20 Å². The zero-order valence-corrected chi connectivity index (χ0v) is 10.00. The first-order valence-corrected chi connectivity index (χ1v) is 6.35. The van der Waals surface area contributed by atoms with E-state index in [-0.39, 0.29) is 0 Å². The van der Waals surface area contributed by atoms with Crippen LogP contribution in [0, 0.1) is 0 Å². The fourth-order valence-corrected chi connectivity index (χ4v) is 2.28. The van der Waals surface area contributed by atoms with Gasteiger partial charge >= 0.3 is 0 Å². The Balaban J connectivity index is 1.94. The molecule has 0 aliphatic heterocycles. The minimum atomic E-state index is 0.658. The monoisotopic (exact) mass is 219 g/mol. The molecule has 88 valence electrons. The van der Waals surface area contributed by atoms with Gasteiger partial charge in [-0.3, -0.25) is 0 Å². The van der Waals surface area contributed by atoms with Crippen molar-refractivity contribution >= 4 is 11.5 Å². The summed E-state index contributed by atoms with van der Waals surface area (Å²) in [5.74, 6) is 0.961. The largest absolute Gasteiger partial charge is 0.382 e. The molecule has 0 amide bonds. The van der Waals surface area contributed by atoms with Crippen LogP contribution in [0.3, 0.4) is 0 Å². The van der Waals surface area contributed by atoms with E-state index < -0.39 is 0 Å². The van der Waals surface area contributed by atoms with Gasteiger partial charge in [0.05, 0.1) is 0 Å². The van der Waals surface area contributed by atoms with E-state index in [9.17, 15) is 0 Å². The number of hydrogen-bond acceptors (Lipinski definition) is 3. The second kappa shape index (κ2) is 5.73. The van der Waals surface area contributed by atoms with Crippen molar-refractivity contribution in [2.45, 2.75) is 45.1 Å². The highest BCUT2D eigenvalue weighted by Crippen LogP contribution is 2.22. The first kappa shape index (κ1) is 11.2. The van der Waals surface area contributed by atoms with Crippen LogP contribution in [0.15, 0.2) is 18.3 Å². The second-order valence-electron chi connectivity index (χ2n) is 4.44. The number of rotatable bonds is 4. The molecule has 0 aromatic carbocycles. The summed E-state index contributed by atoms with van der Waals surface area (Å²) in [6.07, 6.45) is 8.60. The van der Waals surface area contributed by atoms with E-state index >= 15 is 0 Å². The molecular weight excluding hydrogens is 198 g/mol. The fourth-order valence-electron chi connectivity index (χ4n) is 2.28. The molecule has 1 aliphatic carbocycles. The molecule has 0 radical (unpaired) electrons. The van der Waals surface area contributed by atoms with Crippen LogP contribution in [0.2, 0.25) is 0 Å². The van der Waals surface area contributed by atoms with E-state index in [1.165, 1.54) is 37.8 Å². The summed E-state index contributed by atoms with van der Waals surface area (Å²) in [6, 6.07) is 4.80. The second-order valence-corrected chi connectivity index (χ2v) is 4.44. The van der Waals surface area contributed by atoms with E-state index in [2.05, 4.69) is 34.7 Å².